The normalized spacial score (nSPS) is 10.7. The monoisotopic (exact) mass is 329 g/mol. The van der Waals surface area contributed by atoms with Crippen molar-refractivity contribution in [3.05, 3.63) is 46.4 Å². The van der Waals surface area contributed by atoms with Crippen LogP contribution in [-0.4, -0.2) is 30.6 Å². The van der Waals surface area contributed by atoms with E-state index in [1.165, 1.54) is 24.4 Å². The lowest BCUT2D eigenvalue weighted by Crippen LogP contribution is -2.17. The Morgan fingerprint density at radius 2 is 1.57 bits per heavy atom. The van der Waals surface area contributed by atoms with Gasteiger partial charge >= 0.3 is 0 Å². The second-order valence-corrected chi connectivity index (χ2v) is 5.28. The Hall–Kier alpha value is -2.11. The summed E-state index contributed by atoms with van der Waals surface area (Å²) in [7, 11) is 3.14. The Morgan fingerprint density at radius 1 is 1.09 bits per heavy atom. The first-order valence-electron chi connectivity index (χ1n) is 7.16. The number of nitrogens with zero attached hydrogens (tertiary/aromatic N) is 1. The zero-order valence-corrected chi connectivity index (χ0v) is 14.3. The predicted octanol–water partition coefficient (Wildman–Crippen LogP) is 4.05. The number of hydrogen-bond acceptors (Lipinski definition) is 3. The fourth-order valence-electron chi connectivity index (χ4n) is 1.61. The third-order valence-electron chi connectivity index (χ3n) is 2.58. The van der Waals surface area contributed by atoms with Crippen LogP contribution in [0.25, 0.3) is 0 Å². The molecule has 0 atom stereocenters. The lowest BCUT2D eigenvalue weighted by molar-refractivity contribution is -0.113. The van der Waals surface area contributed by atoms with Gasteiger partial charge in [-0.1, -0.05) is 20.3 Å². The molecule has 0 bridgehead atoms. The maximum atomic E-state index is 13.7. The van der Waals surface area contributed by atoms with Gasteiger partial charge in [-0.05, 0) is 25.5 Å². The van der Waals surface area contributed by atoms with Crippen molar-refractivity contribution in [2.24, 2.45) is 0 Å². The second kappa shape index (κ2) is 9.12. The molecule has 0 fully saturated rings. The van der Waals surface area contributed by atoms with Crippen LogP contribution in [0.2, 0.25) is 0 Å². The van der Waals surface area contributed by atoms with Crippen molar-refractivity contribution in [3.8, 4) is 0 Å². The van der Waals surface area contributed by atoms with Crippen LogP contribution in [0, 0.1) is 24.4 Å². The number of hydrogen-bond donors (Lipinski definition) is 0. The van der Waals surface area contributed by atoms with Gasteiger partial charge in [-0.2, -0.15) is 0 Å². The molecule has 0 unspecified atom stereocenters. The average molecular weight is 329 g/mol. The molecule has 0 saturated heterocycles. The van der Waals surface area contributed by atoms with Crippen molar-refractivity contribution in [3.63, 3.8) is 0 Å². The van der Waals surface area contributed by atoms with E-state index in [0.29, 0.717) is 0 Å². The molecule has 128 valence electrons. The Balaban J connectivity index is 0.00000149. The number of ketones is 2. The lowest BCUT2D eigenvalue weighted by Gasteiger charge is -2.11. The SMILES string of the molecule is CC(=O)/C(=C\N(C)C)C(=O)c1cc(C)c(F)c(F)c1F.CCC. The number of rotatable bonds is 4. The predicted molar refractivity (Wildman–Crippen MR) is 83.8 cm³/mol. The number of allylic oxidation sites excluding steroid dienone is 1. The van der Waals surface area contributed by atoms with Gasteiger partial charge in [-0.25, -0.2) is 13.2 Å². The van der Waals surface area contributed by atoms with Crippen molar-refractivity contribution in [1.29, 1.82) is 0 Å². The lowest BCUT2D eigenvalue weighted by atomic mass is 9.98. The molecule has 0 aliphatic rings. The summed E-state index contributed by atoms with van der Waals surface area (Å²) in [5, 5.41) is 0. The van der Waals surface area contributed by atoms with Gasteiger partial charge in [0.15, 0.2) is 23.2 Å². The van der Waals surface area contributed by atoms with E-state index in [4.69, 9.17) is 0 Å². The smallest absolute Gasteiger partial charge is 0.201 e. The fraction of sp³-hybridized carbons (Fsp3) is 0.412. The van der Waals surface area contributed by atoms with E-state index in [1.807, 2.05) is 0 Å². The van der Waals surface area contributed by atoms with E-state index in [1.54, 1.807) is 14.1 Å². The van der Waals surface area contributed by atoms with Gasteiger partial charge in [-0.3, -0.25) is 9.59 Å². The van der Waals surface area contributed by atoms with Crippen molar-refractivity contribution >= 4 is 11.6 Å². The molecule has 0 radical (unpaired) electrons. The molecule has 0 aliphatic heterocycles. The van der Waals surface area contributed by atoms with Gasteiger partial charge in [0.25, 0.3) is 0 Å². The molecule has 0 heterocycles. The molecule has 1 aromatic rings. The van der Waals surface area contributed by atoms with Gasteiger partial charge in [0.05, 0.1) is 11.1 Å². The molecular weight excluding hydrogens is 307 g/mol. The topological polar surface area (TPSA) is 37.4 Å². The summed E-state index contributed by atoms with van der Waals surface area (Å²) in [6, 6.07) is 0.891. The summed E-state index contributed by atoms with van der Waals surface area (Å²) in [6.07, 6.45) is 2.46. The van der Waals surface area contributed by atoms with Gasteiger partial charge in [0.2, 0.25) is 5.78 Å². The van der Waals surface area contributed by atoms with Gasteiger partial charge in [0, 0.05) is 20.3 Å². The standard InChI is InChI=1S/C14H14F3NO2.C3H8/c1-7-5-9(12(16)13(17)11(7)15)14(20)10(8(2)19)6-18(3)4;1-3-2/h5-6H,1-4H3;3H2,1-2H3/b10-6+;. The summed E-state index contributed by atoms with van der Waals surface area (Å²) in [4.78, 5) is 25.0. The van der Waals surface area contributed by atoms with E-state index in [0.717, 1.165) is 13.0 Å². The highest BCUT2D eigenvalue weighted by atomic mass is 19.2. The maximum Gasteiger partial charge on any atom is 0.201 e. The average Bonchev–Trinajstić information content (AvgIpc) is 2.46. The molecule has 0 aromatic heterocycles. The number of halogens is 3. The summed E-state index contributed by atoms with van der Waals surface area (Å²) >= 11 is 0. The van der Waals surface area contributed by atoms with E-state index in [9.17, 15) is 22.8 Å². The first-order valence-corrected chi connectivity index (χ1v) is 7.16. The molecule has 0 aliphatic carbocycles. The number of benzene rings is 1. The van der Waals surface area contributed by atoms with Crippen LogP contribution in [0.1, 0.15) is 43.1 Å². The van der Waals surface area contributed by atoms with Crippen LogP contribution >= 0.6 is 0 Å². The summed E-state index contributed by atoms with van der Waals surface area (Å²) in [5.74, 6) is -6.23. The van der Waals surface area contributed by atoms with Gasteiger partial charge < -0.3 is 4.90 Å². The molecule has 6 heteroatoms. The first-order chi connectivity index (χ1) is 10.6. The van der Waals surface area contributed by atoms with Crippen LogP contribution in [0.5, 0.6) is 0 Å². The Bertz CT molecular complexity index is 623. The first kappa shape index (κ1) is 20.9. The molecule has 1 aromatic carbocycles. The Kier molecular flexibility index (Phi) is 8.29. The van der Waals surface area contributed by atoms with Crippen molar-refractivity contribution in [2.75, 3.05) is 14.1 Å². The molecule has 0 amide bonds. The molecule has 3 nitrogen and oxygen atoms in total. The minimum atomic E-state index is -1.72. The number of carbonyl (C=O) groups is 2. The summed E-state index contributed by atoms with van der Waals surface area (Å²) < 4.78 is 40.2. The molecule has 0 spiro atoms. The largest absolute Gasteiger partial charge is 0.383 e. The fourth-order valence-corrected chi connectivity index (χ4v) is 1.61. The third-order valence-corrected chi connectivity index (χ3v) is 2.58. The number of aryl methyl sites for hydroxylation is 1. The highest BCUT2D eigenvalue weighted by molar-refractivity contribution is 6.25. The Morgan fingerprint density at radius 3 is 1.96 bits per heavy atom. The minimum absolute atomic E-state index is 0.208. The minimum Gasteiger partial charge on any atom is -0.383 e. The molecule has 1 rings (SSSR count). The van der Waals surface area contributed by atoms with E-state index in [-0.39, 0.29) is 11.1 Å². The van der Waals surface area contributed by atoms with Crippen LogP contribution in [0.4, 0.5) is 13.2 Å². The Labute approximate surface area is 134 Å². The highest BCUT2D eigenvalue weighted by Crippen LogP contribution is 2.22. The molecular formula is C17H22F3NO2. The quantitative estimate of drug-likeness (QED) is 0.275. The van der Waals surface area contributed by atoms with Crippen molar-refractivity contribution in [1.82, 2.24) is 4.90 Å². The van der Waals surface area contributed by atoms with Gasteiger partial charge in [0.1, 0.15) is 0 Å². The van der Waals surface area contributed by atoms with Crippen LogP contribution in [-0.2, 0) is 4.79 Å². The van der Waals surface area contributed by atoms with Crippen LogP contribution in [0.15, 0.2) is 17.8 Å². The number of Topliss-reactive ketones (excluding diaryl/α,β-unsaturated/α-hetero) is 2. The van der Waals surface area contributed by atoms with Crippen molar-refractivity contribution in [2.45, 2.75) is 34.1 Å². The van der Waals surface area contributed by atoms with Gasteiger partial charge in [-0.15, -0.1) is 0 Å². The summed E-state index contributed by atoms with van der Waals surface area (Å²) in [5.41, 5.74) is -1.18. The third kappa shape index (κ3) is 5.54. The molecule has 0 N–H and O–H groups in total. The van der Waals surface area contributed by atoms with E-state index >= 15 is 0 Å². The highest BCUT2D eigenvalue weighted by Gasteiger charge is 2.25. The molecule has 23 heavy (non-hydrogen) atoms. The van der Waals surface area contributed by atoms with E-state index < -0.39 is 34.6 Å². The maximum absolute atomic E-state index is 13.7. The van der Waals surface area contributed by atoms with Crippen molar-refractivity contribution < 1.29 is 22.8 Å². The van der Waals surface area contributed by atoms with Crippen LogP contribution in [0.3, 0.4) is 0 Å². The zero-order chi connectivity index (χ0) is 18.3. The summed E-state index contributed by atoms with van der Waals surface area (Å²) in [6.45, 7) is 6.59. The zero-order valence-electron chi connectivity index (χ0n) is 14.3. The second-order valence-electron chi connectivity index (χ2n) is 5.28. The molecule has 0 saturated carbocycles. The van der Waals surface area contributed by atoms with Crippen LogP contribution < -0.4 is 0 Å². The number of carbonyl (C=O) groups excluding carboxylic acids is 2. The van der Waals surface area contributed by atoms with E-state index in [2.05, 4.69) is 13.8 Å².